The SMILES string of the molecule is Cc1cccc(C)c1NC(=O)CN1CCC(Nc2nc(C)c(C)c(=O)[nH]2)CC1. The number of likely N-dealkylation sites (tertiary alicyclic amines) is 1. The second kappa shape index (κ2) is 8.56. The Morgan fingerprint density at radius 2 is 1.82 bits per heavy atom. The summed E-state index contributed by atoms with van der Waals surface area (Å²) in [5.41, 5.74) is 4.35. The van der Waals surface area contributed by atoms with Crippen molar-refractivity contribution in [1.29, 1.82) is 0 Å². The van der Waals surface area contributed by atoms with Crippen LogP contribution in [0.25, 0.3) is 0 Å². The second-order valence-corrected chi connectivity index (χ2v) is 7.63. The summed E-state index contributed by atoms with van der Waals surface area (Å²) in [7, 11) is 0. The van der Waals surface area contributed by atoms with Crippen LogP contribution in [0.15, 0.2) is 23.0 Å². The third-order valence-electron chi connectivity index (χ3n) is 5.44. The molecule has 0 spiro atoms. The van der Waals surface area contributed by atoms with E-state index in [0.29, 0.717) is 18.1 Å². The molecule has 0 aliphatic carbocycles. The molecule has 2 aromatic rings. The largest absolute Gasteiger partial charge is 0.353 e. The molecule has 1 fully saturated rings. The van der Waals surface area contributed by atoms with E-state index in [2.05, 4.69) is 25.5 Å². The van der Waals surface area contributed by atoms with Crippen LogP contribution in [-0.4, -0.2) is 46.5 Å². The summed E-state index contributed by atoms with van der Waals surface area (Å²) < 4.78 is 0. The van der Waals surface area contributed by atoms with E-state index in [1.54, 1.807) is 6.92 Å². The van der Waals surface area contributed by atoms with Crippen molar-refractivity contribution in [3.63, 3.8) is 0 Å². The Morgan fingerprint density at radius 1 is 1.18 bits per heavy atom. The summed E-state index contributed by atoms with van der Waals surface area (Å²) in [6.07, 6.45) is 1.79. The fourth-order valence-corrected chi connectivity index (χ4v) is 3.54. The molecular formula is C21H29N5O2. The third kappa shape index (κ3) is 4.78. The molecule has 1 aliphatic rings. The Bertz CT molecular complexity index is 893. The van der Waals surface area contributed by atoms with Crippen molar-refractivity contribution in [2.24, 2.45) is 0 Å². The molecule has 1 aliphatic heterocycles. The first-order valence-electron chi connectivity index (χ1n) is 9.76. The predicted molar refractivity (Wildman–Crippen MR) is 112 cm³/mol. The van der Waals surface area contributed by atoms with Crippen LogP contribution in [0.2, 0.25) is 0 Å². The molecule has 2 heterocycles. The smallest absolute Gasteiger partial charge is 0.255 e. The van der Waals surface area contributed by atoms with Gasteiger partial charge in [0.1, 0.15) is 0 Å². The molecule has 1 saturated heterocycles. The van der Waals surface area contributed by atoms with Crippen LogP contribution in [0, 0.1) is 27.7 Å². The van der Waals surface area contributed by atoms with Crippen molar-refractivity contribution in [3.8, 4) is 0 Å². The van der Waals surface area contributed by atoms with E-state index in [0.717, 1.165) is 48.4 Å². The number of hydrogen-bond acceptors (Lipinski definition) is 5. The Labute approximate surface area is 165 Å². The number of hydrogen-bond donors (Lipinski definition) is 3. The Hall–Kier alpha value is -2.67. The number of aromatic amines is 1. The minimum absolute atomic E-state index is 0.0176. The summed E-state index contributed by atoms with van der Waals surface area (Å²) in [6.45, 7) is 9.66. The highest BCUT2D eigenvalue weighted by Gasteiger charge is 2.22. The lowest BCUT2D eigenvalue weighted by molar-refractivity contribution is -0.117. The van der Waals surface area contributed by atoms with Crippen molar-refractivity contribution in [2.75, 3.05) is 30.3 Å². The highest BCUT2D eigenvalue weighted by Crippen LogP contribution is 2.20. The van der Waals surface area contributed by atoms with Crippen LogP contribution in [0.4, 0.5) is 11.6 Å². The van der Waals surface area contributed by atoms with Gasteiger partial charge in [-0.05, 0) is 51.7 Å². The van der Waals surface area contributed by atoms with E-state index in [1.807, 2.05) is 39.0 Å². The molecule has 7 heteroatoms. The maximum Gasteiger partial charge on any atom is 0.255 e. The van der Waals surface area contributed by atoms with Crippen molar-refractivity contribution in [3.05, 3.63) is 50.9 Å². The first-order chi connectivity index (χ1) is 13.3. The number of nitrogens with zero attached hydrogens (tertiary/aromatic N) is 2. The number of H-pyrrole nitrogens is 1. The number of aryl methyl sites for hydroxylation is 3. The van der Waals surface area contributed by atoms with Gasteiger partial charge in [-0.25, -0.2) is 4.98 Å². The minimum Gasteiger partial charge on any atom is -0.353 e. The number of rotatable bonds is 5. The number of amides is 1. The molecule has 3 rings (SSSR count). The van der Waals surface area contributed by atoms with Gasteiger partial charge in [0, 0.05) is 36.1 Å². The van der Waals surface area contributed by atoms with Crippen molar-refractivity contribution < 1.29 is 4.79 Å². The van der Waals surface area contributed by atoms with E-state index in [4.69, 9.17) is 0 Å². The first kappa shape index (κ1) is 20.1. The van der Waals surface area contributed by atoms with E-state index in [9.17, 15) is 9.59 Å². The summed E-state index contributed by atoms with van der Waals surface area (Å²) in [4.78, 5) is 33.7. The Morgan fingerprint density at radius 3 is 2.43 bits per heavy atom. The molecule has 0 radical (unpaired) electrons. The maximum atomic E-state index is 12.4. The van der Waals surface area contributed by atoms with Crippen LogP contribution in [-0.2, 0) is 4.79 Å². The molecule has 1 aromatic heterocycles. The molecule has 150 valence electrons. The summed E-state index contributed by atoms with van der Waals surface area (Å²) >= 11 is 0. The molecule has 3 N–H and O–H groups in total. The van der Waals surface area contributed by atoms with Gasteiger partial charge < -0.3 is 10.6 Å². The molecule has 0 atom stereocenters. The zero-order chi connectivity index (χ0) is 20.3. The number of carbonyl (C=O) groups excluding carboxylic acids is 1. The quantitative estimate of drug-likeness (QED) is 0.738. The molecular weight excluding hydrogens is 354 g/mol. The van der Waals surface area contributed by atoms with E-state index >= 15 is 0 Å². The summed E-state index contributed by atoms with van der Waals surface area (Å²) in [6, 6.07) is 6.24. The van der Waals surface area contributed by atoms with Gasteiger partial charge in [-0.2, -0.15) is 0 Å². The number of anilines is 2. The fraction of sp³-hybridized carbons (Fsp3) is 0.476. The van der Waals surface area contributed by atoms with Gasteiger partial charge in [-0.3, -0.25) is 19.5 Å². The normalized spacial score (nSPS) is 15.4. The summed E-state index contributed by atoms with van der Waals surface area (Å²) in [5, 5.41) is 6.37. The average Bonchev–Trinajstić information content (AvgIpc) is 2.64. The molecule has 28 heavy (non-hydrogen) atoms. The third-order valence-corrected chi connectivity index (χ3v) is 5.44. The zero-order valence-corrected chi connectivity index (χ0v) is 17.1. The number of piperidine rings is 1. The van der Waals surface area contributed by atoms with Crippen molar-refractivity contribution in [2.45, 2.75) is 46.6 Å². The number of nitrogens with one attached hydrogen (secondary N) is 3. The van der Waals surface area contributed by atoms with Crippen molar-refractivity contribution >= 4 is 17.5 Å². The Balaban J connectivity index is 1.50. The lowest BCUT2D eigenvalue weighted by Gasteiger charge is -2.32. The molecule has 1 aromatic carbocycles. The highest BCUT2D eigenvalue weighted by atomic mass is 16.2. The lowest BCUT2D eigenvalue weighted by atomic mass is 10.1. The molecule has 0 bridgehead atoms. The summed E-state index contributed by atoms with van der Waals surface area (Å²) in [5.74, 6) is 0.545. The number of carbonyl (C=O) groups is 1. The van der Waals surface area contributed by atoms with Crippen LogP contribution < -0.4 is 16.2 Å². The zero-order valence-electron chi connectivity index (χ0n) is 17.1. The van der Waals surface area contributed by atoms with Gasteiger partial charge in [-0.1, -0.05) is 18.2 Å². The van der Waals surface area contributed by atoms with Crippen LogP contribution in [0.3, 0.4) is 0 Å². The van der Waals surface area contributed by atoms with Crippen LogP contribution in [0.5, 0.6) is 0 Å². The fourth-order valence-electron chi connectivity index (χ4n) is 3.54. The molecule has 7 nitrogen and oxygen atoms in total. The number of para-hydroxylation sites is 1. The highest BCUT2D eigenvalue weighted by molar-refractivity contribution is 5.93. The van der Waals surface area contributed by atoms with Crippen LogP contribution >= 0.6 is 0 Å². The van der Waals surface area contributed by atoms with Gasteiger partial charge in [0.05, 0.1) is 6.54 Å². The van der Waals surface area contributed by atoms with E-state index < -0.39 is 0 Å². The van der Waals surface area contributed by atoms with E-state index in [1.165, 1.54) is 0 Å². The minimum atomic E-state index is -0.101. The second-order valence-electron chi connectivity index (χ2n) is 7.63. The van der Waals surface area contributed by atoms with Gasteiger partial charge in [0.25, 0.3) is 5.56 Å². The maximum absolute atomic E-state index is 12.4. The number of benzene rings is 1. The first-order valence-corrected chi connectivity index (χ1v) is 9.76. The van der Waals surface area contributed by atoms with Crippen molar-refractivity contribution in [1.82, 2.24) is 14.9 Å². The topological polar surface area (TPSA) is 90.1 Å². The van der Waals surface area contributed by atoms with Crippen LogP contribution in [0.1, 0.15) is 35.2 Å². The lowest BCUT2D eigenvalue weighted by Crippen LogP contribution is -2.43. The van der Waals surface area contributed by atoms with Gasteiger partial charge in [0.2, 0.25) is 11.9 Å². The van der Waals surface area contributed by atoms with Gasteiger partial charge in [0.15, 0.2) is 0 Å². The Kier molecular flexibility index (Phi) is 6.14. The number of aromatic nitrogens is 2. The molecule has 1 amide bonds. The monoisotopic (exact) mass is 383 g/mol. The van der Waals surface area contributed by atoms with E-state index in [-0.39, 0.29) is 17.5 Å². The van der Waals surface area contributed by atoms with Gasteiger partial charge in [-0.15, -0.1) is 0 Å². The van der Waals surface area contributed by atoms with Gasteiger partial charge >= 0.3 is 0 Å². The molecule has 0 saturated carbocycles. The average molecular weight is 383 g/mol. The standard InChI is InChI=1S/C21H29N5O2/c1-13-6-5-7-14(2)19(13)24-18(27)12-26-10-8-17(9-11-26)23-21-22-16(4)15(3)20(28)25-21/h5-7,17H,8-12H2,1-4H3,(H,24,27)(H2,22,23,25,28). The molecule has 0 unspecified atom stereocenters. The predicted octanol–water partition coefficient (Wildman–Crippen LogP) is 2.52.